The van der Waals surface area contributed by atoms with Gasteiger partial charge in [-0.15, -0.1) is 12.4 Å². The standard InChI is InChI=1S/C16H25FN2O2.ClH/c1-11(2)15(18)8-9-19(4)16(20)12(3)21-14-7-5-6-13(17)10-14;/h5-7,10-12,15H,8-9,18H2,1-4H3;1H. The first-order valence-electron chi connectivity index (χ1n) is 7.24. The first-order chi connectivity index (χ1) is 9.81. The molecule has 0 radical (unpaired) electrons. The highest BCUT2D eigenvalue weighted by Crippen LogP contribution is 2.14. The molecular weight excluding hydrogens is 307 g/mol. The van der Waals surface area contributed by atoms with Crippen molar-refractivity contribution in [3.63, 3.8) is 0 Å². The zero-order valence-corrected chi connectivity index (χ0v) is 14.4. The van der Waals surface area contributed by atoms with Gasteiger partial charge in [0.15, 0.2) is 6.10 Å². The minimum atomic E-state index is -0.660. The van der Waals surface area contributed by atoms with Crippen molar-refractivity contribution >= 4 is 18.3 Å². The van der Waals surface area contributed by atoms with Crippen molar-refractivity contribution in [2.45, 2.75) is 39.3 Å². The van der Waals surface area contributed by atoms with Crippen molar-refractivity contribution in [2.24, 2.45) is 11.7 Å². The zero-order valence-electron chi connectivity index (χ0n) is 13.6. The van der Waals surface area contributed by atoms with E-state index in [1.54, 1.807) is 31.0 Å². The van der Waals surface area contributed by atoms with Crippen LogP contribution in [0.1, 0.15) is 27.2 Å². The lowest BCUT2D eigenvalue weighted by atomic mass is 10.0. The van der Waals surface area contributed by atoms with Gasteiger partial charge in [-0.1, -0.05) is 19.9 Å². The molecule has 1 amide bonds. The Bertz CT molecular complexity index is 471. The SMILES string of the molecule is CC(Oc1cccc(F)c1)C(=O)N(C)CCC(N)C(C)C.Cl. The summed E-state index contributed by atoms with van der Waals surface area (Å²) in [6, 6.07) is 5.84. The van der Waals surface area contributed by atoms with E-state index in [1.807, 2.05) is 0 Å². The lowest BCUT2D eigenvalue weighted by Gasteiger charge is -2.24. The molecule has 1 aromatic rings. The normalized spacial score (nSPS) is 13.2. The highest BCUT2D eigenvalue weighted by Gasteiger charge is 2.20. The second-order valence-corrected chi connectivity index (χ2v) is 5.67. The molecule has 2 N–H and O–H groups in total. The fourth-order valence-electron chi connectivity index (χ4n) is 1.89. The molecular formula is C16H26ClFN2O2. The Morgan fingerprint density at radius 1 is 1.36 bits per heavy atom. The number of nitrogens with zero attached hydrogens (tertiary/aromatic N) is 1. The van der Waals surface area contributed by atoms with Gasteiger partial charge in [0.1, 0.15) is 11.6 Å². The maximum absolute atomic E-state index is 13.1. The molecule has 6 heteroatoms. The summed E-state index contributed by atoms with van der Waals surface area (Å²) in [7, 11) is 1.72. The molecule has 0 spiro atoms. The molecule has 2 unspecified atom stereocenters. The van der Waals surface area contributed by atoms with Gasteiger partial charge in [-0.25, -0.2) is 4.39 Å². The van der Waals surface area contributed by atoms with E-state index in [4.69, 9.17) is 10.5 Å². The number of amides is 1. The van der Waals surface area contributed by atoms with Crippen molar-refractivity contribution in [1.82, 2.24) is 4.90 Å². The molecule has 2 atom stereocenters. The van der Waals surface area contributed by atoms with Gasteiger partial charge in [-0.2, -0.15) is 0 Å². The Kier molecular flexibility index (Phi) is 9.06. The summed E-state index contributed by atoms with van der Waals surface area (Å²) in [6.07, 6.45) is 0.0825. The number of rotatable bonds is 7. The van der Waals surface area contributed by atoms with Crippen LogP contribution in [0.2, 0.25) is 0 Å². The van der Waals surface area contributed by atoms with Gasteiger partial charge < -0.3 is 15.4 Å². The minimum Gasteiger partial charge on any atom is -0.481 e. The number of halogens is 2. The molecule has 126 valence electrons. The van der Waals surface area contributed by atoms with E-state index in [0.29, 0.717) is 18.2 Å². The Labute approximate surface area is 138 Å². The molecule has 0 aromatic heterocycles. The van der Waals surface area contributed by atoms with Crippen molar-refractivity contribution in [2.75, 3.05) is 13.6 Å². The smallest absolute Gasteiger partial charge is 0.263 e. The van der Waals surface area contributed by atoms with Crippen LogP contribution in [-0.2, 0) is 4.79 Å². The van der Waals surface area contributed by atoms with E-state index in [9.17, 15) is 9.18 Å². The molecule has 0 heterocycles. The lowest BCUT2D eigenvalue weighted by molar-refractivity contribution is -0.136. The summed E-state index contributed by atoms with van der Waals surface area (Å²) in [6.45, 7) is 6.35. The molecule has 0 aliphatic heterocycles. The third-order valence-corrected chi connectivity index (χ3v) is 3.49. The maximum atomic E-state index is 13.1. The molecule has 0 saturated carbocycles. The highest BCUT2D eigenvalue weighted by atomic mass is 35.5. The number of carbonyl (C=O) groups excluding carboxylic acids is 1. The number of carbonyl (C=O) groups is 1. The number of ether oxygens (including phenoxy) is 1. The van der Waals surface area contributed by atoms with Gasteiger partial charge in [-0.05, 0) is 31.4 Å². The maximum Gasteiger partial charge on any atom is 0.263 e. The number of hydrogen-bond donors (Lipinski definition) is 1. The van der Waals surface area contributed by atoms with E-state index < -0.39 is 6.10 Å². The van der Waals surface area contributed by atoms with Gasteiger partial charge in [0.05, 0.1) is 0 Å². The van der Waals surface area contributed by atoms with Gasteiger partial charge in [0.25, 0.3) is 5.91 Å². The Balaban J connectivity index is 0.00000441. The molecule has 4 nitrogen and oxygen atoms in total. The van der Waals surface area contributed by atoms with E-state index in [2.05, 4.69) is 13.8 Å². The van der Waals surface area contributed by atoms with Crippen LogP contribution in [0.25, 0.3) is 0 Å². The quantitative estimate of drug-likeness (QED) is 0.835. The minimum absolute atomic E-state index is 0. The molecule has 0 bridgehead atoms. The van der Waals surface area contributed by atoms with E-state index >= 15 is 0 Å². The van der Waals surface area contributed by atoms with Crippen LogP contribution in [0.5, 0.6) is 5.75 Å². The number of nitrogens with two attached hydrogens (primary N) is 1. The Morgan fingerprint density at radius 3 is 2.55 bits per heavy atom. The van der Waals surface area contributed by atoms with Crippen LogP contribution >= 0.6 is 12.4 Å². The van der Waals surface area contributed by atoms with Crippen LogP contribution in [0, 0.1) is 11.7 Å². The molecule has 22 heavy (non-hydrogen) atoms. The molecule has 1 aromatic carbocycles. The van der Waals surface area contributed by atoms with Crippen molar-refractivity contribution in [1.29, 1.82) is 0 Å². The first kappa shape index (κ1) is 20.7. The van der Waals surface area contributed by atoms with Crippen molar-refractivity contribution < 1.29 is 13.9 Å². The van der Waals surface area contributed by atoms with E-state index in [0.717, 1.165) is 6.42 Å². The summed E-state index contributed by atoms with van der Waals surface area (Å²) < 4.78 is 18.5. The third-order valence-electron chi connectivity index (χ3n) is 3.49. The first-order valence-corrected chi connectivity index (χ1v) is 7.24. The second kappa shape index (κ2) is 9.64. The number of likely N-dealkylation sites (N-methyl/N-ethyl adjacent to an activating group) is 1. The lowest BCUT2D eigenvalue weighted by Crippen LogP contribution is -2.40. The molecule has 0 saturated heterocycles. The monoisotopic (exact) mass is 332 g/mol. The largest absolute Gasteiger partial charge is 0.481 e. The van der Waals surface area contributed by atoms with E-state index in [-0.39, 0.29) is 30.2 Å². The predicted molar refractivity (Wildman–Crippen MR) is 88.8 cm³/mol. The molecule has 0 aliphatic rings. The third kappa shape index (κ3) is 6.62. The Morgan fingerprint density at radius 2 is 2.00 bits per heavy atom. The summed E-state index contributed by atoms with van der Waals surface area (Å²) >= 11 is 0. The zero-order chi connectivity index (χ0) is 16.0. The number of hydrogen-bond acceptors (Lipinski definition) is 3. The van der Waals surface area contributed by atoms with Gasteiger partial charge in [0.2, 0.25) is 0 Å². The van der Waals surface area contributed by atoms with Crippen LogP contribution < -0.4 is 10.5 Å². The van der Waals surface area contributed by atoms with Gasteiger partial charge in [-0.3, -0.25) is 4.79 Å². The average Bonchev–Trinajstić information content (AvgIpc) is 2.43. The fraction of sp³-hybridized carbons (Fsp3) is 0.562. The predicted octanol–water partition coefficient (Wildman–Crippen LogP) is 2.85. The Hall–Kier alpha value is -1.33. The molecule has 0 fully saturated rings. The topological polar surface area (TPSA) is 55.6 Å². The van der Waals surface area contributed by atoms with Gasteiger partial charge in [0, 0.05) is 25.7 Å². The summed E-state index contributed by atoms with van der Waals surface area (Å²) in [5, 5.41) is 0. The molecule has 0 aliphatic carbocycles. The van der Waals surface area contributed by atoms with E-state index in [1.165, 1.54) is 12.1 Å². The summed E-state index contributed by atoms with van der Waals surface area (Å²) in [4.78, 5) is 13.8. The summed E-state index contributed by atoms with van der Waals surface area (Å²) in [5.74, 6) is 0.205. The van der Waals surface area contributed by atoms with Crippen LogP contribution in [0.4, 0.5) is 4.39 Å². The highest BCUT2D eigenvalue weighted by molar-refractivity contribution is 5.85. The van der Waals surface area contributed by atoms with Crippen molar-refractivity contribution in [3.05, 3.63) is 30.1 Å². The van der Waals surface area contributed by atoms with Gasteiger partial charge >= 0.3 is 0 Å². The van der Waals surface area contributed by atoms with Crippen LogP contribution in [-0.4, -0.2) is 36.5 Å². The fourth-order valence-corrected chi connectivity index (χ4v) is 1.89. The second-order valence-electron chi connectivity index (χ2n) is 5.67. The van der Waals surface area contributed by atoms with Crippen molar-refractivity contribution in [3.8, 4) is 5.75 Å². The number of benzene rings is 1. The molecule has 1 rings (SSSR count). The summed E-state index contributed by atoms with van der Waals surface area (Å²) in [5.41, 5.74) is 5.97. The van der Waals surface area contributed by atoms with Crippen LogP contribution in [0.15, 0.2) is 24.3 Å². The van der Waals surface area contributed by atoms with Crippen LogP contribution in [0.3, 0.4) is 0 Å². The average molecular weight is 333 g/mol.